The fraction of sp³-hybridized carbons (Fsp3) is 0.769. The predicted molar refractivity (Wildman–Crippen MR) is 66.2 cm³/mol. The van der Waals surface area contributed by atoms with Gasteiger partial charge in [-0.05, 0) is 18.8 Å². The van der Waals surface area contributed by atoms with Crippen LogP contribution in [-0.4, -0.2) is 48.7 Å². The van der Waals surface area contributed by atoms with E-state index in [1.165, 1.54) is 11.8 Å². The number of rotatable bonds is 6. The van der Waals surface area contributed by atoms with Crippen LogP contribution in [0.1, 0.15) is 32.6 Å². The summed E-state index contributed by atoms with van der Waals surface area (Å²) < 4.78 is 30.7. The van der Waals surface area contributed by atoms with Crippen molar-refractivity contribution in [3.8, 4) is 0 Å². The van der Waals surface area contributed by atoms with Gasteiger partial charge in [0.15, 0.2) is 6.61 Å². The Hall–Kier alpha value is -1.53. The third kappa shape index (κ3) is 5.63. The molecule has 0 unspecified atom stereocenters. The highest BCUT2D eigenvalue weighted by atomic mass is 19.3. The average molecular weight is 291 g/mol. The van der Waals surface area contributed by atoms with E-state index in [1.54, 1.807) is 0 Å². The van der Waals surface area contributed by atoms with E-state index >= 15 is 0 Å². The van der Waals surface area contributed by atoms with Crippen molar-refractivity contribution < 1.29 is 27.9 Å². The van der Waals surface area contributed by atoms with Crippen molar-refractivity contribution in [1.29, 1.82) is 0 Å². The van der Waals surface area contributed by atoms with Gasteiger partial charge in [0, 0.05) is 26.3 Å². The number of aldehydes is 1. The van der Waals surface area contributed by atoms with E-state index in [9.17, 15) is 23.2 Å². The first kappa shape index (κ1) is 16.5. The molecular weight excluding hydrogens is 272 g/mol. The molecule has 0 bridgehead atoms. The molecule has 5 nitrogen and oxygen atoms in total. The third-order valence-corrected chi connectivity index (χ3v) is 3.36. The molecule has 0 aromatic carbocycles. The van der Waals surface area contributed by atoms with Crippen molar-refractivity contribution >= 4 is 18.2 Å². The molecule has 0 spiro atoms. The van der Waals surface area contributed by atoms with Crippen LogP contribution in [0.5, 0.6) is 0 Å². The highest BCUT2D eigenvalue weighted by Crippen LogP contribution is 2.36. The van der Waals surface area contributed by atoms with Crippen molar-refractivity contribution in [3.63, 3.8) is 0 Å². The highest BCUT2D eigenvalue weighted by Gasteiger charge is 2.35. The van der Waals surface area contributed by atoms with Crippen molar-refractivity contribution in [2.75, 3.05) is 19.7 Å². The first-order chi connectivity index (χ1) is 9.34. The summed E-state index contributed by atoms with van der Waals surface area (Å²) in [5.74, 6) is -3.73. The molecule has 0 radical (unpaired) electrons. The summed E-state index contributed by atoms with van der Waals surface area (Å²) >= 11 is 0. The fourth-order valence-electron chi connectivity index (χ4n) is 2.22. The molecule has 1 fully saturated rings. The summed E-state index contributed by atoms with van der Waals surface area (Å²) in [4.78, 5) is 34.3. The Morgan fingerprint density at radius 3 is 2.45 bits per heavy atom. The summed E-state index contributed by atoms with van der Waals surface area (Å²) in [6.45, 7) is 0.883. The van der Waals surface area contributed by atoms with E-state index in [4.69, 9.17) is 0 Å². The molecule has 1 aliphatic rings. The number of carbonyl (C=O) groups is 3. The highest BCUT2D eigenvalue weighted by molar-refractivity contribution is 5.81. The van der Waals surface area contributed by atoms with Gasteiger partial charge in [0.1, 0.15) is 6.29 Å². The van der Waals surface area contributed by atoms with Crippen LogP contribution in [0, 0.1) is 5.92 Å². The fourth-order valence-corrected chi connectivity index (χ4v) is 2.22. The van der Waals surface area contributed by atoms with Gasteiger partial charge in [-0.1, -0.05) is 0 Å². The maximum Gasteiger partial charge on any atom is 0.303 e. The van der Waals surface area contributed by atoms with Crippen molar-refractivity contribution in [1.82, 2.24) is 4.90 Å². The van der Waals surface area contributed by atoms with Gasteiger partial charge in [0.25, 0.3) is 5.91 Å². The lowest BCUT2D eigenvalue weighted by Gasteiger charge is -2.31. The quantitative estimate of drug-likeness (QED) is 0.548. The Labute approximate surface area is 116 Å². The Morgan fingerprint density at radius 1 is 1.35 bits per heavy atom. The smallest absolute Gasteiger partial charge is 0.303 e. The monoisotopic (exact) mass is 291 g/mol. The number of alkyl halides is 2. The number of amides is 1. The van der Waals surface area contributed by atoms with Crippen LogP contribution < -0.4 is 0 Å². The van der Waals surface area contributed by atoms with Crippen LogP contribution in [0.15, 0.2) is 0 Å². The topological polar surface area (TPSA) is 63.7 Å². The molecule has 1 saturated carbocycles. The van der Waals surface area contributed by atoms with Gasteiger partial charge in [0.05, 0.1) is 6.54 Å². The Balaban J connectivity index is 2.48. The van der Waals surface area contributed by atoms with Crippen LogP contribution in [0.4, 0.5) is 8.78 Å². The van der Waals surface area contributed by atoms with Crippen LogP contribution in [-0.2, 0) is 19.1 Å². The zero-order chi connectivity index (χ0) is 15.2. The molecule has 0 aromatic rings. The van der Waals surface area contributed by atoms with E-state index in [0.717, 1.165) is 0 Å². The number of hydrogen-bond acceptors (Lipinski definition) is 4. The molecule has 1 aliphatic carbocycles. The van der Waals surface area contributed by atoms with E-state index in [2.05, 4.69) is 4.74 Å². The number of carbonyl (C=O) groups excluding carboxylic acids is 3. The van der Waals surface area contributed by atoms with Crippen molar-refractivity contribution in [2.45, 2.75) is 38.5 Å². The van der Waals surface area contributed by atoms with Crippen LogP contribution >= 0.6 is 0 Å². The summed E-state index contributed by atoms with van der Waals surface area (Å²) in [5, 5.41) is 0. The zero-order valence-corrected chi connectivity index (χ0v) is 11.4. The van der Waals surface area contributed by atoms with Crippen molar-refractivity contribution in [3.05, 3.63) is 0 Å². The lowest BCUT2D eigenvalue weighted by atomic mass is 9.86. The molecule has 0 atom stereocenters. The molecule has 7 heteroatoms. The van der Waals surface area contributed by atoms with Gasteiger partial charge in [-0.25, -0.2) is 8.78 Å². The molecule has 114 valence electrons. The maximum absolute atomic E-state index is 13.0. The van der Waals surface area contributed by atoms with E-state index in [1.807, 2.05) is 0 Å². The van der Waals surface area contributed by atoms with Gasteiger partial charge in [-0.3, -0.25) is 9.59 Å². The lowest BCUT2D eigenvalue weighted by molar-refractivity contribution is -0.151. The SMILES string of the molecule is CC(=O)OCC(=O)N(CC=O)CC1CCC(F)(F)CC1. The van der Waals surface area contributed by atoms with Gasteiger partial charge in [-0.2, -0.15) is 0 Å². The minimum absolute atomic E-state index is 0.0455. The minimum Gasteiger partial charge on any atom is -0.456 e. The number of nitrogens with zero attached hydrogens (tertiary/aromatic N) is 1. The summed E-state index contributed by atoms with van der Waals surface area (Å²) in [6.07, 6.45) is 0.838. The standard InChI is InChI=1S/C13H19F2NO4/c1-10(18)20-9-12(19)16(6-7-17)8-11-2-4-13(14,15)5-3-11/h7,11H,2-6,8-9H2,1H3. The van der Waals surface area contributed by atoms with Crippen LogP contribution in [0.3, 0.4) is 0 Å². The second-order valence-electron chi connectivity index (χ2n) is 5.04. The van der Waals surface area contributed by atoms with Crippen molar-refractivity contribution in [2.24, 2.45) is 5.92 Å². The molecule has 1 amide bonds. The van der Waals surface area contributed by atoms with E-state index in [0.29, 0.717) is 19.1 Å². The second-order valence-corrected chi connectivity index (χ2v) is 5.04. The van der Waals surface area contributed by atoms with Crippen LogP contribution in [0.2, 0.25) is 0 Å². The first-order valence-electron chi connectivity index (χ1n) is 6.56. The Bertz CT molecular complexity index is 363. The van der Waals surface area contributed by atoms with Gasteiger partial charge < -0.3 is 14.4 Å². The Kier molecular flexibility index (Phi) is 6.04. The molecule has 0 aliphatic heterocycles. The molecule has 0 saturated heterocycles. The maximum atomic E-state index is 13.0. The molecular formula is C13H19F2NO4. The number of halogens is 2. The van der Waals surface area contributed by atoms with E-state index < -0.39 is 24.4 Å². The lowest BCUT2D eigenvalue weighted by Crippen LogP contribution is -2.41. The predicted octanol–water partition coefficient (Wildman–Crippen LogP) is 1.40. The molecule has 1 rings (SSSR count). The first-order valence-corrected chi connectivity index (χ1v) is 6.56. The second kappa shape index (κ2) is 7.31. The molecule has 0 heterocycles. The zero-order valence-electron chi connectivity index (χ0n) is 11.4. The Morgan fingerprint density at radius 2 is 1.95 bits per heavy atom. The molecule has 0 N–H and O–H groups in total. The number of hydrogen-bond donors (Lipinski definition) is 0. The van der Waals surface area contributed by atoms with Gasteiger partial charge in [-0.15, -0.1) is 0 Å². The van der Waals surface area contributed by atoms with Gasteiger partial charge in [0.2, 0.25) is 5.92 Å². The summed E-state index contributed by atoms with van der Waals surface area (Å²) in [7, 11) is 0. The van der Waals surface area contributed by atoms with Crippen LogP contribution in [0.25, 0.3) is 0 Å². The average Bonchev–Trinajstić information content (AvgIpc) is 2.37. The number of esters is 1. The molecule has 20 heavy (non-hydrogen) atoms. The summed E-state index contributed by atoms with van der Waals surface area (Å²) in [5.41, 5.74) is 0. The third-order valence-electron chi connectivity index (χ3n) is 3.36. The summed E-state index contributed by atoms with van der Waals surface area (Å²) in [6, 6.07) is 0. The van der Waals surface area contributed by atoms with E-state index in [-0.39, 0.29) is 31.8 Å². The van der Waals surface area contributed by atoms with Gasteiger partial charge >= 0.3 is 5.97 Å². The molecule has 0 aromatic heterocycles. The normalized spacial score (nSPS) is 18.4. The largest absolute Gasteiger partial charge is 0.456 e. The number of ether oxygens (including phenoxy) is 1. The minimum atomic E-state index is -2.62.